The van der Waals surface area contributed by atoms with Crippen LogP contribution in [-0.2, 0) is 17.9 Å². The monoisotopic (exact) mass is 363 g/mol. The fourth-order valence-corrected chi connectivity index (χ4v) is 3.30. The predicted octanol–water partition coefficient (Wildman–Crippen LogP) is 2.23. The first-order valence-corrected chi connectivity index (χ1v) is 8.95. The smallest absolute Gasteiger partial charge is 0.326 e. The van der Waals surface area contributed by atoms with Crippen molar-refractivity contribution in [1.82, 2.24) is 24.0 Å². The van der Waals surface area contributed by atoms with E-state index in [0.29, 0.717) is 19.6 Å². The Morgan fingerprint density at radius 2 is 1.81 bits per heavy atom. The molecule has 0 spiro atoms. The highest BCUT2D eigenvalue weighted by Gasteiger charge is 2.12. The molecule has 138 valence electrons. The number of rotatable bonds is 6. The van der Waals surface area contributed by atoms with Crippen LogP contribution in [0.3, 0.4) is 0 Å². The zero-order valence-electron chi connectivity index (χ0n) is 15.1. The van der Waals surface area contributed by atoms with Gasteiger partial charge in [0.2, 0.25) is 5.91 Å². The van der Waals surface area contributed by atoms with Gasteiger partial charge in [0.15, 0.2) is 0 Å². The molecule has 2 heterocycles. The lowest BCUT2D eigenvalue weighted by Gasteiger charge is -2.18. The van der Waals surface area contributed by atoms with Gasteiger partial charge in [-0.1, -0.05) is 24.3 Å². The molecule has 4 aromatic rings. The van der Waals surface area contributed by atoms with Crippen LogP contribution in [0.25, 0.3) is 22.1 Å². The van der Waals surface area contributed by atoms with Gasteiger partial charge in [-0.3, -0.25) is 9.36 Å². The Hall–Kier alpha value is -3.35. The normalized spacial score (nSPS) is 11.3. The van der Waals surface area contributed by atoms with Crippen LogP contribution in [-0.4, -0.2) is 43.5 Å². The van der Waals surface area contributed by atoms with Crippen LogP contribution < -0.4 is 5.69 Å². The number of aromatic nitrogens is 4. The van der Waals surface area contributed by atoms with Crippen molar-refractivity contribution in [2.24, 2.45) is 0 Å². The lowest BCUT2D eigenvalue weighted by atomic mass is 10.3. The molecule has 0 fully saturated rings. The molecule has 0 aliphatic carbocycles. The number of hydrogen-bond acceptors (Lipinski definition) is 3. The van der Waals surface area contributed by atoms with E-state index in [4.69, 9.17) is 0 Å². The molecule has 0 bridgehead atoms. The maximum absolute atomic E-state index is 12.5. The molecule has 0 radical (unpaired) electrons. The van der Waals surface area contributed by atoms with E-state index in [2.05, 4.69) is 9.97 Å². The van der Waals surface area contributed by atoms with Crippen LogP contribution >= 0.6 is 0 Å². The number of carbonyl (C=O) groups is 1. The van der Waals surface area contributed by atoms with Crippen molar-refractivity contribution < 1.29 is 4.79 Å². The van der Waals surface area contributed by atoms with E-state index in [-0.39, 0.29) is 18.0 Å². The second-order valence-electron chi connectivity index (χ2n) is 6.59. The van der Waals surface area contributed by atoms with E-state index in [1.54, 1.807) is 22.8 Å². The molecule has 0 atom stereocenters. The van der Waals surface area contributed by atoms with Gasteiger partial charge in [-0.15, -0.1) is 0 Å². The first kappa shape index (κ1) is 17.1. The number of para-hydroxylation sites is 4. The number of fused-ring (bicyclic) bond motifs is 2. The van der Waals surface area contributed by atoms with Crippen molar-refractivity contribution in [2.45, 2.75) is 19.5 Å². The van der Waals surface area contributed by atoms with Crippen LogP contribution in [0.5, 0.6) is 0 Å². The lowest BCUT2D eigenvalue weighted by Crippen LogP contribution is -2.31. The molecule has 2 aromatic heterocycles. The third kappa shape index (κ3) is 3.36. The fourth-order valence-electron chi connectivity index (χ4n) is 3.30. The molecule has 1 amide bonds. The summed E-state index contributed by atoms with van der Waals surface area (Å²) in [5.74, 6) is 0.0107. The number of benzene rings is 2. The highest BCUT2D eigenvalue weighted by Crippen LogP contribution is 2.12. The molecular weight excluding hydrogens is 342 g/mol. The predicted molar refractivity (Wildman–Crippen MR) is 105 cm³/mol. The van der Waals surface area contributed by atoms with Gasteiger partial charge >= 0.3 is 5.69 Å². The van der Waals surface area contributed by atoms with Crippen molar-refractivity contribution in [1.29, 1.82) is 0 Å². The molecule has 0 aliphatic rings. The Labute approximate surface area is 155 Å². The third-order valence-corrected chi connectivity index (χ3v) is 4.86. The van der Waals surface area contributed by atoms with Crippen molar-refractivity contribution in [3.05, 3.63) is 65.3 Å². The Morgan fingerprint density at radius 3 is 2.67 bits per heavy atom. The highest BCUT2D eigenvalue weighted by molar-refractivity contribution is 5.77. The topological polar surface area (TPSA) is 75.9 Å². The first-order valence-electron chi connectivity index (χ1n) is 8.95. The number of nitrogens with one attached hydrogen (secondary N) is 1. The van der Waals surface area contributed by atoms with Crippen LogP contribution in [0.4, 0.5) is 0 Å². The van der Waals surface area contributed by atoms with Crippen molar-refractivity contribution in [3.63, 3.8) is 0 Å². The van der Waals surface area contributed by atoms with Gasteiger partial charge in [0.25, 0.3) is 0 Å². The molecule has 1 N–H and O–H groups in total. The SMILES string of the molecule is CN(CCn1cnc2ccccc21)C(=O)CCn1c(=O)[nH]c2ccccc21. The minimum Gasteiger partial charge on any atom is -0.344 e. The molecule has 27 heavy (non-hydrogen) atoms. The Bertz CT molecular complexity index is 1150. The minimum absolute atomic E-state index is 0.0107. The quantitative estimate of drug-likeness (QED) is 0.571. The van der Waals surface area contributed by atoms with E-state index in [0.717, 1.165) is 22.1 Å². The largest absolute Gasteiger partial charge is 0.344 e. The molecule has 0 unspecified atom stereocenters. The highest BCUT2D eigenvalue weighted by atomic mass is 16.2. The fraction of sp³-hybridized carbons (Fsp3) is 0.250. The van der Waals surface area contributed by atoms with Gasteiger partial charge in [-0.05, 0) is 24.3 Å². The lowest BCUT2D eigenvalue weighted by molar-refractivity contribution is -0.130. The second kappa shape index (κ2) is 7.11. The number of likely N-dealkylation sites (N-methyl/N-ethyl adjacent to an activating group) is 1. The average Bonchev–Trinajstić information content (AvgIpc) is 3.24. The molecule has 4 rings (SSSR count). The Morgan fingerprint density at radius 1 is 1.07 bits per heavy atom. The van der Waals surface area contributed by atoms with Gasteiger partial charge < -0.3 is 14.5 Å². The molecule has 7 nitrogen and oxygen atoms in total. The maximum atomic E-state index is 12.5. The summed E-state index contributed by atoms with van der Waals surface area (Å²) in [5.41, 5.74) is 3.43. The summed E-state index contributed by atoms with van der Waals surface area (Å²) in [6, 6.07) is 15.4. The van der Waals surface area contributed by atoms with Crippen molar-refractivity contribution >= 4 is 28.0 Å². The van der Waals surface area contributed by atoms with Crippen LogP contribution in [0.1, 0.15) is 6.42 Å². The summed E-state index contributed by atoms with van der Waals surface area (Å²) in [7, 11) is 1.79. The van der Waals surface area contributed by atoms with Gasteiger partial charge in [0, 0.05) is 33.1 Å². The van der Waals surface area contributed by atoms with Gasteiger partial charge in [0.1, 0.15) is 0 Å². The number of imidazole rings is 2. The average molecular weight is 363 g/mol. The van der Waals surface area contributed by atoms with E-state index in [1.165, 1.54) is 0 Å². The zero-order chi connectivity index (χ0) is 18.8. The molecular formula is C20H21N5O2. The summed E-state index contributed by atoms with van der Waals surface area (Å²) < 4.78 is 3.66. The Kier molecular flexibility index (Phi) is 4.50. The number of nitrogens with zero attached hydrogens (tertiary/aromatic N) is 4. The van der Waals surface area contributed by atoms with Crippen LogP contribution in [0.2, 0.25) is 0 Å². The number of amides is 1. The number of aromatic amines is 1. The van der Waals surface area contributed by atoms with Gasteiger partial charge in [-0.25, -0.2) is 9.78 Å². The van der Waals surface area contributed by atoms with E-state index in [1.807, 2.05) is 53.1 Å². The molecule has 0 saturated heterocycles. The van der Waals surface area contributed by atoms with Crippen molar-refractivity contribution in [3.8, 4) is 0 Å². The van der Waals surface area contributed by atoms with Gasteiger partial charge in [-0.2, -0.15) is 0 Å². The molecule has 0 saturated carbocycles. The molecule has 7 heteroatoms. The van der Waals surface area contributed by atoms with E-state index < -0.39 is 0 Å². The van der Waals surface area contributed by atoms with Gasteiger partial charge in [0.05, 0.1) is 28.4 Å². The Balaban J connectivity index is 1.38. The van der Waals surface area contributed by atoms with Crippen LogP contribution in [0, 0.1) is 0 Å². The second-order valence-corrected chi connectivity index (χ2v) is 6.59. The number of hydrogen-bond donors (Lipinski definition) is 1. The number of H-pyrrole nitrogens is 1. The molecule has 2 aromatic carbocycles. The number of aryl methyl sites for hydroxylation is 1. The van der Waals surface area contributed by atoms with Crippen molar-refractivity contribution in [2.75, 3.05) is 13.6 Å². The minimum atomic E-state index is -0.184. The standard InChI is InChI=1S/C20H21N5O2/c1-23(12-13-24-14-21-15-6-2-4-8-17(15)24)19(26)10-11-25-18-9-5-3-7-16(18)22-20(25)27/h2-9,14H,10-13H2,1H3,(H,22,27). The van der Waals surface area contributed by atoms with E-state index in [9.17, 15) is 9.59 Å². The van der Waals surface area contributed by atoms with Crippen LogP contribution in [0.15, 0.2) is 59.7 Å². The summed E-state index contributed by atoms with van der Waals surface area (Å²) in [4.78, 5) is 33.5. The maximum Gasteiger partial charge on any atom is 0.326 e. The zero-order valence-corrected chi connectivity index (χ0v) is 15.1. The first-order chi connectivity index (χ1) is 13.1. The molecule has 0 aliphatic heterocycles. The summed E-state index contributed by atoms with van der Waals surface area (Å²) in [6.07, 6.45) is 2.08. The summed E-state index contributed by atoms with van der Waals surface area (Å²) in [5, 5.41) is 0. The number of carbonyl (C=O) groups excluding carboxylic acids is 1. The third-order valence-electron chi connectivity index (χ3n) is 4.86. The summed E-state index contributed by atoms with van der Waals surface area (Å²) >= 11 is 0. The van der Waals surface area contributed by atoms with E-state index >= 15 is 0 Å². The summed E-state index contributed by atoms with van der Waals surface area (Å²) in [6.45, 7) is 1.62.